The molecule has 1 heterocycles. The predicted molar refractivity (Wildman–Crippen MR) is 181 cm³/mol. The minimum absolute atomic E-state index is 0.129. The fourth-order valence-corrected chi connectivity index (χ4v) is 8.47. The zero-order chi connectivity index (χ0) is 29.1. The minimum atomic E-state index is -0.129. The molecule has 0 N–H and O–H groups in total. The van der Waals surface area contributed by atoms with E-state index >= 15 is 0 Å². The number of fused-ring (bicyclic) bond motifs is 12. The van der Waals surface area contributed by atoms with Crippen molar-refractivity contribution in [2.24, 2.45) is 0 Å². The standard InChI is InChI=1S/C42H33N/c1-41(2)32-19-11-8-16-29(32)35-38-36(30-17-9-12-20-33(30)42(38,3)4)40-37(39(35)41)31-18-10-13-21-34(31)43(40)28-24-22-27(23-25-28)26-14-6-5-7-15-26/h5-25H,1-4H3. The van der Waals surface area contributed by atoms with E-state index in [0.717, 1.165) is 0 Å². The van der Waals surface area contributed by atoms with Crippen LogP contribution in [0.3, 0.4) is 0 Å². The van der Waals surface area contributed by atoms with Crippen LogP contribution in [-0.4, -0.2) is 4.57 Å². The molecule has 0 atom stereocenters. The summed E-state index contributed by atoms with van der Waals surface area (Å²) >= 11 is 0. The van der Waals surface area contributed by atoms with Gasteiger partial charge in [-0.2, -0.15) is 0 Å². The molecule has 1 aromatic heterocycles. The van der Waals surface area contributed by atoms with Gasteiger partial charge >= 0.3 is 0 Å². The largest absolute Gasteiger partial charge is 0.309 e. The fraction of sp³-hybridized carbons (Fsp3) is 0.143. The smallest absolute Gasteiger partial charge is 0.0626 e. The van der Waals surface area contributed by atoms with Crippen molar-refractivity contribution in [1.29, 1.82) is 0 Å². The molecule has 0 saturated heterocycles. The number of benzene rings is 6. The molecular formula is C42H33N. The predicted octanol–water partition coefficient (Wildman–Crippen LogP) is 11.1. The Kier molecular flexibility index (Phi) is 4.80. The fourth-order valence-electron chi connectivity index (χ4n) is 8.47. The summed E-state index contributed by atoms with van der Waals surface area (Å²) in [5.74, 6) is 0. The van der Waals surface area contributed by atoms with E-state index in [9.17, 15) is 0 Å². The van der Waals surface area contributed by atoms with E-state index in [-0.39, 0.29) is 10.8 Å². The van der Waals surface area contributed by atoms with Crippen molar-refractivity contribution >= 4 is 21.8 Å². The van der Waals surface area contributed by atoms with Crippen LogP contribution >= 0.6 is 0 Å². The first kappa shape index (κ1) is 24.7. The highest BCUT2D eigenvalue weighted by Crippen LogP contribution is 2.63. The third-order valence-electron chi connectivity index (χ3n) is 10.3. The molecule has 1 nitrogen and oxygen atoms in total. The Labute approximate surface area is 253 Å². The number of nitrogens with zero attached hydrogens (tertiary/aromatic N) is 1. The normalized spacial score (nSPS) is 15.3. The van der Waals surface area contributed by atoms with Crippen molar-refractivity contribution < 1.29 is 0 Å². The van der Waals surface area contributed by atoms with Gasteiger partial charge in [0.25, 0.3) is 0 Å². The quantitative estimate of drug-likeness (QED) is 0.201. The van der Waals surface area contributed by atoms with Crippen molar-refractivity contribution in [1.82, 2.24) is 4.57 Å². The molecule has 0 fully saturated rings. The van der Waals surface area contributed by atoms with Gasteiger partial charge in [0, 0.05) is 32.9 Å². The maximum absolute atomic E-state index is 2.55. The van der Waals surface area contributed by atoms with Crippen LogP contribution in [0.1, 0.15) is 49.9 Å². The molecule has 2 aliphatic rings. The lowest BCUT2D eigenvalue weighted by molar-refractivity contribution is 0.651. The highest BCUT2D eigenvalue weighted by molar-refractivity contribution is 6.21. The molecule has 6 aromatic carbocycles. The summed E-state index contributed by atoms with van der Waals surface area (Å²) in [5, 5.41) is 2.72. The summed E-state index contributed by atoms with van der Waals surface area (Å²) in [4.78, 5) is 0. The highest BCUT2D eigenvalue weighted by Gasteiger charge is 2.47. The summed E-state index contributed by atoms with van der Waals surface area (Å²) in [6, 6.07) is 47.1. The Bertz CT molecular complexity index is 2260. The molecule has 0 unspecified atom stereocenters. The maximum atomic E-state index is 2.55. The average Bonchev–Trinajstić information content (AvgIpc) is 3.59. The van der Waals surface area contributed by atoms with Gasteiger partial charge in [0.1, 0.15) is 0 Å². The number of hydrogen-bond acceptors (Lipinski definition) is 0. The Morgan fingerprint density at radius 3 is 1.70 bits per heavy atom. The molecule has 0 bridgehead atoms. The molecule has 9 rings (SSSR count). The Morgan fingerprint density at radius 1 is 0.465 bits per heavy atom. The van der Waals surface area contributed by atoms with Gasteiger partial charge in [0.15, 0.2) is 0 Å². The summed E-state index contributed by atoms with van der Waals surface area (Å²) in [6.45, 7) is 9.72. The number of hydrogen-bond donors (Lipinski definition) is 0. The Hall–Kier alpha value is -4.88. The van der Waals surface area contributed by atoms with Crippen LogP contribution < -0.4 is 0 Å². The van der Waals surface area contributed by atoms with Crippen molar-refractivity contribution in [2.75, 3.05) is 0 Å². The third kappa shape index (κ3) is 3.07. The zero-order valence-corrected chi connectivity index (χ0v) is 25.1. The molecular weight excluding hydrogens is 518 g/mol. The molecule has 7 aromatic rings. The van der Waals surface area contributed by atoms with Gasteiger partial charge in [0.2, 0.25) is 0 Å². The van der Waals surface area contributed by atoms with Gasteiger partial charge in [-0.05, 0) is 68.3 Å². The molecule has 2 aliphatic carbocycles. The van der Waals surface area contributed by atoms with Gasteiger partial charge < -0.3 is 4.57 Å². The van der Waals surface area contributed by atoms with E-state index in [0.29, 0.717) is 0 Å². The molecule has 0 saturated carbocycles. The van der Waals surface area contributed by atoms with Crippen LogP contribution in [0.4, 0.5) is 0 Å². The Morgan fingerprint density at radius 2 is 1.00 bits per heavy atom. The van der Waals surface area contributed by atoms with Crippen LogP contribution in [0, 0.1) is 0 Å². The van der Waals surface area contributed by atoms with E-state index < -0.39 is 0 Å². The van der Waals surface area contributed by atoms with Gasteiger partial charge in [0.05, 0.1) is 11.0 Å². The molecule has 43 heavy (non-hydrogen) atoms. The lowest BCUT2D eigenvalue weighted by Gasteiger charge is -2.27. The van der Waals surface area contributed by atoms with E-state index in [4.69, 9.17) is 0 Å². The van der Waals surface area contributed by atoms with E-state index in [2.05, 4.69) is 160 Å². The SMILES string of the molecule is CC1(C)c2ccccc2-c2c1c1c(c3c4ccccc4n(-c4ccc(-c5ccccc5)cc4)c23)C(C)(C)c2ccccc2-1. The maximum Gasteiger partial charge on any atom is 0.0626 e. The third-order valence-corrected chi connectivity index (χ3v) is 10.3. The lowest BCUT2D eigenvalue weighted by Crippen LogP contribution is -2.19. The summed E-state index contributed by atoms with van der Waals surface area (Å²) in [7, 11) is 0. The minimum Gasteiger partial charge on any atom is -0.309 e. The molecule has 206 valence electrons. The lowest BCUT2D eigenvalue weighted by atomic mass is 9.75. The second-order valence-corrected chi connectivity index (χ2v) is 13.3. The van der Waals surface area contributed by atoms with Crippen LogP contribution in [0.5, 0.6) is 0 Å². The monoisotopic (exact) mass is 551 g/mol. The number of rotatable bonds is 2. The van der Waals surface area contributed by atoms with Crippen LogP contribution in [0.2, 0.25) is 0 Å². The van der Waals surface area contributed by atoms with Crippen molar-refractivity contribution in [2.45, 2.75) is 38.5 Å². The van der Waals surface area contributed by atoms with Crippen LogP contribution in [0.25, 0.3) is 60.9 Å². The van der Waals surface area contributed by atoms with Crippen LogP contribution in [-0.2, 0) is 10.8 Å². The first-order chi connectivity index (χ1) is 20.9. The highest BCUT2D eigenvalue weighted by atomic mass is 15.0. The molecule has 0 amide bonds. The summed E-state index contributed by atoms with van der Waals surface area (Å²) < 4.78 is 2.55. The van der Waals surface area contributed by atoms with E-state index in [1.807, 2.05) is 0 Å². The first-order valence-corrected chi connectivity index (χ1v) is 15.4. The van der Waals surface area contributed by atoms with E-state index in [1.165, 1.54) is 83.1 Å². The summed E-state index contributed by atoms with van der Waals surface area (Å²) in [6.07, 6.45) is 0. The zero-order valence-electron chi connectivity index (χ0n) is 25.1. The number of aromatic nitrogens is 1. The topological polar surface area (TPSA) is 4.93 Å². The summed E-state index contributed by atoms with van der Waals surface area (Å²) in [5.41, 5.74) is 17.4. The molecule has 0 radical (unpaired) electrons. The van der Waals surface area contributed by atoms with Gasteiger partial charge in [-0.1, -0.05) is 137 Å². The van der Waals surface area contributed by atoms with Gasteiger partial charge in [-0.15, -0.1) is 0 Å². The Balaban J connectivity index is 1.49. The first-order valence-electron chi connectivity index (χ1n) is 15.4. The molecule has 1 heteroatoms. The van der Waals surface area contributed by atoms with Gasteiger partial charge in [-0.25, -0.2) is 0 Å². The van der Waals surface area contributed by atoms with Crippen molar-refractivity contribution in [3.63, 3.8) is 0 Å². The molecule has 0 aliphatic heterocycles. The average molecular weight is 552 g/mol. The van der Waals surface area contributed by atoms with E-state index in [1.54, 1.807) is 0 Å². The number of para-hydroxylation sites is 1. The van der Waals surface area contributed by atoms with Crippen molar-refractivity contribution in [3.05, 3.63) is 150 Å². The van der Waals surface area contributed by atoms with Crippen LogP contribution in [0.15, 0.2) is 127 Å². The van der Waals surface area contributed by atoms with Crippen molar-refractivity contribution in [3.8, 4) is 39.1 Å². The molecule has 0 spiro atoms. The second kappa shape index (κ2) is 8.36. The van der Waals surface area contributed by atoms with Gasteiger partial charge in [-0.3, -0.25) is 0 Å². The second-order valence-electron chi connectivity index (χ2n) is 13.3.